The van der Waals surface area contributed by atoms with Crippen LogP contribution in [0.15, 0.2) is 36.4 Å². The summed E-state index contributed by atoms with van der Waals surface area (Å²) in [6, 6.07) is 6.72. The number of alkyl halides is 3. The SMILES string of the molecule is CCCCCCCCC1CCC(COc2ccc(-c3ccc(C(F)(F)F)cc3)c(F)c2F)CC1. The van der Waals surface area contributed by atoms with E-state index in [-0.39, 0.29) is 16.9 Å². The second kappa shape index (κ2) is 12.6. The molecule has 34 heavy (non-hydrogen) atoms. The van der Waals surface area contributed by atoms with Gasteiger partial charge in [0, 0.05) is 5.56 Å². The second-order valence-corrected chi connectivity index (χ2v) is 9.57. The van der Waals surface area contributed by atoms with E-state index in [4.69, 9.17) is 4.74 Å². The van der Waals surface area contributed by atoms with Crippen molar-refractivity contribution in [2.45, 2.75) is 83.7 Å². The van der Waals surface area contributed by atoms with Crippen LogP contribution in [0.2, 0.25) is 0 Å². The minimum absolute atomic E-state index is 0.0891. The Morgan fingerprint density at radius 2 is 1.38 bits per heavy atom. The third-order valence-corrected chi connectivity index (χ3v) is 6.98. The highest BCUT2D eigenvalue weighted by Gasteiger charge is 2.30. The van der Waals surface area contributed by atoms with E-state index in [9.17, 15) is 22.0 Å². The van der Waals surface area contributed by atoms with Crippen molar-refractivity contribution < 1.29 is 26.7 Å². The molecule has 0 radical (unpaired) electrons. The summed E-state index contributed by atoms with van der Waals surface area (Å²) in [5, 5.41) is 0. The molecule has 0 saturated heterocycles. The van der Waals surface area contributed by atoms with Gasteiger partial charge in [-0.05, 0) is 54.5 Å². The fourth-order valence-corrected chi connectivity index (χ4v) is 4.81. The molecule has 0 N–H and O–H groups in total. The molecule has 0 spiro atoms. The molecule has 0 unspecified atom stereocenters. The van der Waals surface area contributed by atoms with Gasteiger partial charge in [0.15, 0.2) is 11.6 Å². The van der Waals surface area contributed by atoms with Crippen molar-refractivity contribution >= 4 is 0 Å². The summed E-state index contributed by atoms with van der Waals surface area (Å²) in [4.78, 5) is 0. The van der Waals surface area contributed by atoms with Gasteiger partial charge in [-0.15, -0.1) is 0 Å². The maximum atomic E-state index is 14.6. The maximum Gasteiger partial charge on any atom is 0.416 e. The summed E-state index contributed by atoms with van der Waals surface area (Å²) < 4.78 is 73.1. The van der Waals surface area contributed by atoms with Crippen LogP contribution in [-0.2, 0) is 6.18 Å². The van der Waals surface area contributed by atoms with Crippen molar-refractivity contribution in [3.05, 3.63) is 53.6 Å². The highest BCUT2D eigenvalue weighted by atomic mass is 19.4. The van der Waals surface area contributed by atoms with Crippen molar-refractivity contribution in [2.24, 2.45) is 11.8 Å². The zero-order chi connectivity index (χ0) is 24.6. The minimum atomic E-state index is -4.48. The molecule has 0 aromatic heterocycles. The molecule has 0 heterocycles. The molecule has 188 valence electrons. The van der Waals surface area contributed by atoms with Crippen LogP contribution in [-0.4, -0.2) is 6.61 Å². The van der Waals surface area contributed by atoms with Gasteiger partial charge in [-0.1, -0.05) is 76.8 Å². The summed E-state index contributed by atoms with van der Waals surface area (Å²) in [5.41, 5.74) is -0.743. The smallest absolute Gasteiger partial charge is 0.416 e. The highest BCUT2D eigenvalue weighted by molar-refractivity contribution is 5.65. The fourth-order valence-electron chi connectivity index (χ4n) is 4.81. The summed E-state index contributed by atoms with van der Waals surface area (Å²) in [6.07, 6.45) is 9.07. The first-order chi connectivity index (χ1) is 16.3. The van der Waals surface area contributed by atoms with Gasteiger partial charge in [0.2, 0.25) is 5.82 Å². The van der Waals surface area contributed by atoms with E-state index in [0.29, 0.717) is 12.5 Å². The fraction of sp³-hybridized carbons (Fsp3) is 0.571. The lowest BCUT2D eigenvalue weighted by Crippen LogP contribution is -2.20. The first-order valence-electron chi connectivity index (χ1n) is 12.6. The Morgan fingerprint density at radius 1 is 0.765 bits per heavy atom. The zero-order valence-corrected chi connectivity index (χ0v) is 19.9. The molecule has 2 aromatic carbocycles. The highest BCUT2D eigenvalue weighted by Crippen LogP contribution is 2.35. The normalized spacial score (nSPS) is 18.8. The van der Waals surface area contributed by atoms with Gasteiger partial charge in [0.05, 0.1) is 12.2 Å². The van der Waals surface area contributed by atoms with Gasteiger partial charge in [-0.2, -0.15) is 17.6 Å². The van der Waals surface area contributed by atoms with E-state index in [0.717, 1.165) is 55.9 Å². The average molecular weight is 483 g/mol. The van der Waals surface area contributed by atoms with Crippen molar-refractivity contribution in [3.8, 4) is 16.9 Å². The first-order valence-corrected chi connectivity index (χ1v) is 12.6. The molecule has 1 nitrogen and oxygen atoms in total. The molecule has 6 heteroatoms. The van der Waals surface area contributed by atoms with E-state index in [2.05, 4.69) is 6.92 Å². The molecule has 1 aliphatic rings. The van der Waals surface area contributed by atoms with Gasteiger partial charge < -0.3 is 4.74 Å². The molecule has 0 aliphatic heterocycles. The maximum absolute atomic E-state index is 14.6. The number of halogens is 5. The predicted molar refractivity (Wildman–Crippen MR) is 126 cm³/mol. The lowest BCUT2D eigenvalue weighted by molar-refractivity contribution is -0.137. The molecule has 1 saturated carbocycles. The van der Waals surface area contributed by atoms with Crippen LogP contribution in [0.3, 0.4) is 0 Å². The van der Waals surface area contributed by atoms with Gasteiger partial charge >= 0.3 is 6.18 Å². The third kappa shape index (κ3) is 7.44. The summed E-state index contributed by atoms with van der Waals surface area (Å²) in [6.45, 7) is 2.57. The Hall–Kier alpha value is -2.11. The van der Waals surface area contributed by atoms with Gasteiger partial charge in [-0.25, -0.2) is 4.39 Å². The summed E-state index contributed by atoms with van der Waals surface area (Å²) in [5.74, 6) is -1.27. The summed E-state index contributed by atoms with van der Waals surface area (Å²) in [7, 11) is 0. The Morgan fingerprint density at radius 3 is 2.03 bits per heavy atom. The lowest BCUT2D eigenvalue weighted by Gasteiger charge is -2.28. The van der Waals surface area contributed by atoms with E-state index < -0.39 is 23.4 Å². The van der Waals surface area contributed by atoms with Crippen LogP contribution in [0, 0.1) is 23.5 Å². The number of unbranched alkanes of at least 4 members (excludes halogenated alkanes) is 5. The van der Waals surface area contributed by atoms with Crippen molar-refractivity contribution in [2.75, 3.05) is 6.61 Å². The first kappa shape index (κ1) is 26.5. The van der Waals surface area contributed by atoms with Crippen LogP contribution in [0.5, 0.6) is 5.75 Å². The molecule has 0 amide bonds. The number of ether oxygens (including phenoxy) is 1. The molecule has 2 aromatic rings. The zero-order valence-electron chi connectivity index (χ0n) is 19.9. The molecular weight excluding hydrogens is 447 g/mol. The molecule has 0 atom stereocenters. The van der Waals surface area contributed by atoms with E-state index in [1.165, 1.54) is 57.1 Å². The topological polar surface area (TPSA) is 9.23 Å². The van der Waals surface area contributed by atoms with Crippen LogP contribution < -0.4 is 4.74 Å². The average Bonchev–Trinajstić information content (AvgIpc) is 2.82. The monoisotopic (exact) mass is 482 g/mol. The van der Waals surface area contributed by atoms with Gasteiger partial charge in [-0.3, -0.25) is 0 Å². The lowest BCUT2D eigenvalue weighted by atomic mass is 9.80. The Kier molecular flexibility index (Phi) is 9.78. The van der Waals surface area contributed by atoms with Gasteiger partial charge in [0.25, 0.3) is 0 Å². The van der Waals surface area contributed by atoms with Gasteiger partial charge in [0.1, 0.15) is 0 Å². The van der Waals surface area contributed by atoms with E-state index >= 15 is 0 Å². The van der Waals surface area contributed by atoms with Crippen LogP contribution in [0.1, 0.15) is 83.1 Å². The predicted octanol–water partition coefficient (Wildman–Crippen LogP) is 9.59. The Balaban J connectivity index is 1.47. The number of hydrogen-bond acceptors (Lipinski definition) is 1. The van der Waals surface area contributed by atoms with Crippen molar-refractivity contribution in [1.29, 1.82) is 0 Å². The molecule has 3 rings (SSSR count). The summed E-state index contributed by atoms with van der Waals surface area (Å²) >= 11 is 0. The molecule has 1 fully saturated rings. The van der Waals surface area contributed by atoms with Crippen LogP contribution in [0.4, 0.5) is 22.0 Å². The Bertz CT molecular complexity index is 883. The molecular formula is C28H35F5O. The van der Waals surface area contributed by atoms with Crippen molar-refractivity contribution in [1.82, 2.24) is 0 Å². The minimum Gasteiger partial charge on any atom is -0.490 e. The second-order valence-electron chi connectivity index (χ2n) is 9.57. The molecule has 1 aliphatic carbocycles. The van der Waals surface area contributed by atoms with E-state index in [1.807, 2.05) is 0 Å². The quantitative estimate of drug-likeness (QED) is 0.229. The Labute approximate surface area is 199 Å². The standard InChI is InChI=1S/C28H35F5O/c1-2-3-4-5-6-7-8-20-9-11-21(12-10-20)19-34-25-18-17-24(26(29)27(25)30)22-13-15-23(16-14-22)28(31,32)33/h13-18,20-21H,2-12,19H2,1H3. The number of rotatable bonds is 11. The number of benzene rings is 2. The number of hydrogen-bond donors (Lipinski definition) is 0. The van der Waals surface area contributed by atoms with E-state index in [1.54, 1.807) is 0 Å². The third-order valence-electron chi connectivity index (χ3n) is 6.98. The van der Waals surface area contributed by atoms with Crippen LogP contribution in [0.25, 0.3) is 11.1 Å². The van der Waals surface area contributed by atoms with Crippen LogP contribution >= 0.6 is 0 Å². The largest absolute Gasteiger partial charge is 0.490 e. The molecule has 0 bridgehead atoms. The van der Waals surface area contributed by atoms with Crippen molar-refractivity contribution in [3.63, 3.8) is 0 Å².